The molecule has 0 heterocycles. The Bertz CT molecular complexity index is 1070. The van der Waals surface area contributed by atoms with Crippen LogP contribution in [0.4, 0.5) is 11.4 Å². The molecule has 0 fully saturated rings. The third kappa shape index (κ3) is 9.10. The zero-order chi connectivity index (χ0) is 25.6. The van der Waals surface area contributed by atoms with Crippen LogP contribution < -0.4 is 20.7 Å². The van der Waals surface area contributed by atoms with Crippen molar-refractivity contribution in [2.24, 2.45) is 0 Å². The highest BCUT2D eigenvalue weighted by atomic mass is 16.5. The van der Waals surface area contributed by atoms with E-state index in [1.807, 2.05) is 61.5 Å². The summed E-state index contributed by atoms with van der Waals surface area (Å²) in [7, 11) is 0. The first-order valence-electron chi connectivity index (χ1n) is 12.8. The molecule has 1 atom stereocenters. The maximum atomic E-state index is 12.5. The molecule has 0 aliphatic heterocycles. The first-order valence-corrected chi connectivity index (χ1v) is 12.8. The van der Waals surface area contributed by atoms with Crippen LogP contribution in [0.3, 0.4) is 0 Å². The van der Waals surface area contributed by atoms with Crippen LogP contribution >= 0.6 is 0 Å². The van der Waals surface area contributed by atoms with Gasteiger partial charge in [0.1, 0.15) is 5.75 Å². The van der Waals surface area contributed by atoms with Gasteiger partial charge in [-0.15, -0.1) is 0 Å². The van der Waals surface area contributed by atoms with E-state index in [1.165, 1.54) is 25.7 Å². The van der Waals surface area contributed by atoms with E-state index in [-0.39, 0.29) is 24.4 Å². The Balaban J connectivity index is 1.38. The molecular formula is C30H37N3O3. The molecule has 0 bridgehead atoms. The van der Waals surface area contributed by atoms with Gasteiger partial charge in [-0.05, 0) is 67.4 Å². The second-order valence-electron chi connectivity index (χ2n) is 8.87. The molecule has 2 amide bonds. The van der Waals surface area contributed by atoms with Crippen molar-refractivity contribution in [3.63, 3.8) is 0 Å². The summed E-state index contributed by atoms with van der Waals surface area (Å²) < 4.78 is 5.77. The van der Waals surface area contributed by atoms with Gasteiger partial charge in [-0.3, -0.25) is 9.59 Å². The normalized spacial score (nSPS) is 11.4. The molecule has 0 saturated carbocycles. The molecule has 0 aliphatic carbocycles. The van der Waals surface area contributed by atoms with Gasteiger partial charge in [-0.2, -0.15) is 0 Å². The van der Waals surface area contributed by atoms with Gasteiger partial charge in [0.05, 0.1) is 19.2 Å². The maximum Gasteiger partial charge on any atom is 0.251 e. The molecule has 3 aromatic rings. The number of rotatable bonds is 14. The predicted molar refractivity (Wildman–Crippen MR) is 147 cm³/mol. The Kier molecular flexibility index (Phi) is 10.8. The van der Waals surface area contributed by atoms with Crippen LogP contribution in [-0.2, 0) is 4.79 Å². The highest BCUT2D eigenvalue weighted by Gasteiger charge is 2.11. The number of nitrogens with one attached hydrogen (secondary N) is 3. The minimum absolute atomic E-state index is 0.0867. The molecule has 0 radical (unpaired) electrons. The van der Waals surface area contributed by atoms with E-state index in [2.05, 4.69) is 22.9 Å². The van der Waals surface area contributed by atoms with Crippen LogP contribution in [0.15, 0.2) is 78.9 Å². The topological polar surface area (TPSA) is 79.5 Å². The summed E-state index contributed by atoms with van der Waals surface area (Å²) in [6, 6.07) is 24.3. The van der Waals surface area contributed by atoms with Crippen LogP contribution in [0, 0.1) is 0 Å². The second kappa shape index (κ2) is 14.6. The van der Waals surface area contributed by atoms with Gasteiger partial charge >= 0.3 is 0 Å². The van der Waals surface area contributed by atoms with Crippen LogP contribution in [0.2, 0.25) is 0 Å². The van der Waals surface area contributed by atoms with Crippen LogP contribution in [0.5, 0.6) is 5.75 Å². The Hall–Kier alpha value is -3.80. The van der Waals surface area contributed by atoms with Gasteiger partial charge in [-0.1, -0.05) is 62.9 Å². The number of benzene rings is 3. The summed E-state index contributed by atoms with van der Waals surface area (Å²) in [4.78, 5) is 24.9. The van der Waals surface area contributed by atoms with Crippen molar-refractivity contribution in [2.45, 2.75) is 52.0 Å². The lowest BCUT2D eigenvalue weighted by Gasteiger charge is -2.14. The van der Waals surface area contributed by atoms with Crippen molar-refractivity contribution < 1.29 is 14.3 Å². The van der Waals surface area contributed by atoms with Crippen LogP contribution in [0.1, 0.15) is 67.9 Å². The first-order chi connectivity index (χ1) is 17.5. The summed E-state index contributed by atoms with van der Waals surface area (Å²) >= 11 is 0. The average Bonchev–Trinajstić information content (AvgIpc) is 2.91. The minimum Gasteiger partial charge on any atom is -0.494 e. The van der Waals surface area contributed by atoms with Crippen molar-refractivity contribution in [3.05, 3.63) is 90.0 Å². The molecule has 6 heteroatoms. The highest BCUT2D eigenvalue weighted by Crippen LogP contribution is 2.17. The van der Waals surface area contributed by atoms with E-state index in [0.29, 0.717) is 12.2 Å². The largest absolute Gasteiger partial charge is 0.494 e. The summed E-state index contributed by atoms with van der Waals surface area (Å²) in [6.07, 6.45) is 6.02. The van der Waals surface area contributed by atoms with Crippen molar-refractivity contribution >= 4 is 23.2 Å². The number of carbonyl (C=O) groups is 2. The molecule has 0 saturated heterocycles. The van der Waals surface area contributed by atoms with Crippen molar-refractivity contribution in [3.8, 4) is 5.75 Å². The third-order valence-corrected chi connectivity index (χ3v) is 5.90. The molecule has 190 valence electrons. The quantitative estimate of drug-likeness (QED) is 0.225. The van der Waals surface area contributed by atoms with E-state index in [4.69, 9.17) is 4.74 Å². The Morgan fingerprint density at radius 1 is 0.806 bits per heavy atom. The van der Waals surface area contributed by atoms with Crippen molar-refractivity contribution in [1.82, 2.24) is 5.32 Å². The predicted octanol–water partition coefficient (Wildman–Crippen LogP) is 6.58. The Morgan fingerprint density at radius 2 is 1.47 bits per heavy atom. The zero-order valence-electron chi connectivity index (χ0n) is 21.3. The molecule has 0 spiro atoms. The van der Waals surface area contributed by atoms with Crippen LogP contribution in [0.25, 0.3) is 0 Å². The van der Waals surface area contributed by atoms with E-state index < -0.39 is 0 Å². The highest BCUT2D eigenvalue weighted by molar-refractivity contribution is 5.95. The zero-order valence-corrected chi connectivity index (χ0v) is 21.3. The van der Waals surface area contributed by atoms with Gasteiger partial charge in [0, 0.05) is 16.9 Å². The van der Waals surface area contributed by atoms with Gasteiger partial charge < -0.3 is 20.7 Å². The summed E-state index contributed by atoms with van der Waals surface area (Å²) in [5.74, 6) is 0.515. The lowest BCUT2D eigenvalue weighted by Crippen LogP contribution is -2.26. The molecule has 0 aliphatic rings. The van der Waals surface area contributed by atoms with E-state index in [9.17, 15) is 9.59 Å². The number of carbonyl (C=O) groups excluding carboxylic acids is 2. The van der Waals surface area contributed by atoms with Gasteiger partial charge in [0.2, 0.25) is 5.91 Å². The smallest absolute Gasteiger partial charge is 0.251 e. The van der Waals surface area contributed by atoms with Gasteiger partial charge in [0.15, 0.2) is 0 Å². The first kappa shape index (κ1) is 26.8. The lowest BCUT2D eigenvalue weighted by molar-refractivity contribution is -0.114. The van der Waals surface area contributed by atoms with Gasteiger partial charge in [-0.25, -0.2) is 0 Å². The molecule has 3 rings (SSSR count). The minimum atomic E-state index is -0.155. The Labute approximate surface area is 214 Å². The fourth-order valence-electron chi connectivity index (χ4n) is 3.76. The third-order valence-electron chi connectivity index (χ3n) is 5.90. The number of anilines is 2. The van der Waals surface area contributed by atoms with Crippen molar-refractivity contribution in [2.75, 3.05) is 23.8 Å². The van der Waals surface area contributed by atoms with Gasteiger partial charge in [0.25, 0.3) is 5.91 Å². The Morgan fingerprint density at radius 3 is 2.17 bits per heavy atom. The molecule has 0 aromatic heterocycles. The van der Waals surface area contributed by atoms with Crippen LogP contribution in [-0.4, -0.2) is 25.0 Å². The van der Waals surface area contributed by atoms with Crippen molar-refractivity contribution in [1.29, 1.82) is 0 Å². The summed E-state index contributed by atoms with van der Waals surface area (Å²) in [5.41, 5.74) is 3.10. The summed E-state index contributed by atoms with van der Waals surface area (Å²) in [5, 5.41) is 8.97. The number of unbranched alkanes of at least 4 members (excludes halogenated alkanes) is 4. The standard InChI is InChI=1S/C30H37N3O3/c1-3-4-5-6-10-21-36-28-19-17-27(18-20-28)33-29(34)22-31-26-15-13-25(14-16-26)30(35)32-23(2)24-11-8-7-9-12-24/h7-9,11-20,23,31H,3-6,10,21-22H2,1-2H3,(H,32,35)(H,33,34). The molecule has 6 nitrogen and oxygen atoms in total. The number of hydrogen-bond acceptors (Lipinski definition) is 4. The molecule has 36 heavy (non-hydrogen) atoms. The SMILES string of the molecule is CCCCCCCOc1ccc(NC(=O)CNc2ccc(C(=O)NC(C)c3ccccc3)cc2)cc1. The second-order valence-corrected chi connectivity index (χ2v) is 8.87. The monoisotopic (exact) mass is 487 g/mol. The number of ether oxygens (including phenoxy) is 1. The molecular weight excluding hydrogens is 450 g/mol. The molecule has 3 aromatic carbocycles. The maximum absolute atomic E-state index is 12.5. The molecule has 1 unspecified atom stereocenters. The fourth-order valence-corrected chi connectivity index (χ4v) is 3.76. The number of hydrogen-bond donors (Lipinski definition) is 3. The van der Waals surface area contributed by atoms with E-state index in [1.54, 1.807) is 24.3 Å². The number of amides is 2. The molecule has 3 N–H and O–H groups in total. The van der Waals surface area contributed by atoms with E-state index >= 15 is 0 Å². The lowest BCUT2D eigenvalue weighted by atomic mass is 10.1. The van der Waals surface area contributed by atoms with E-state index in [0.717, 1.165) is 29.1 Å². The average molecular weight is 488 g/mol. The fraction of sp³-hybridized carbons (Fsp3) is 0.333. The summed E-state index contributed by atoms with van der Waals surface area (Å²) in [6.45, 7) is 5.00.